The van der Waals surface area contributed by atoms with E-state index in [4.69, 9.17) is 0 Å². The van der Waals surface area contributed by atoms with Crippen molar-refractivity contribution >= 4 is 15.7 Å². The van der Waals surface area contributed by atoms with Crippen molar-refractivity contribution in [1.29, 1.82) is 5.26 Å². The lowest BCUT2D eigenvalue weighted by Crippen LogP contribution is -2.45. The van der Waals surface area contributed by atoms with Gasteiger partial charge < -0.3 is 9.88 Å². The molecule has 1 aromatic heterocycles. The zero-order valence-electron chi connectivity index (χ0n) is 19.4. The number of fused-ring (bicyclic) bond motifs is 1. The molecule has 0 saturated carbocycles. The van der Waals surface area contributed by atoms with Gasteiger partial charge in [-0.15, -0.1) is 0 Å². The number of hydrogen-bond donors (Lipinski definition) is 1. The van der Waals surface area contributed by atoms with E-state index in [0.717, 1.165) is 22.5 Å². The topological polar surface area (TPSA) is 93.1 Å². The first-order chi connectivity index (χ1) is 17.4. The molecule has 1 aliphatic rings. The fourth-order valence-corrected chi connectivity index (χ4v) is 6.24. The van der Waals surface area contributed by atoms with Gasteiger partial charge in [-0.2, -0.15) is 9.57 Å². The summed E-state index contributed by atoms with van der Waals surface area (Å²) in [6.07, 6.45) is 3.74. The lowest BCUT2D eigenvalue weighted by atomic mass is 10.1. The van der Waals surface area contributed by atoms with Crippen molar-refractivity contribution < 1.29 is 12.8 Å². The highest BCUT2D eigenvalue weighted by molar-refractivity contribution is 7.89. The third-order valence-electron chi connectivity index (χ3n) is 6.36. The summed E-state index contributed by atoms with van der Waals surface area (Å²) in [6.45, 7) is 0.979. The molecule has 2 heterocycles. The molecular weight excluding hydrogens is 477 g/mol. The van der Waals surface area contributed by atoms with E-state index >= 15 is 0 Å². The maximum absolute atomic E-state index is 13.9. The van der Waals surface area contributed by atoms with Crippen LogP contribution in [-0.2, 0) is 29.5 Å². The number of nitriles is 1. The Bertz CT molecular complexity index is 1480. The number of aromatic amines is 1. The second-order valence-electron chi connectivity index (χ2n) is 8.76. The van der Waals surface area contributed by atoms with Gasteiger partial charge >= 0.3 is 0 Å². The average molecular weight is 502 g/mol. The highest BCUT2D eigenvalue weighted by Gasteiger charge is 2.36. The van der Waals surface area contributed by atoms with Gasteiger partial charge in [0.2, 0.25) is 10.0 Å². The summed E-state index contributed by atoms with van der Waals surface area (Å²) in [6, 6.07) is 21.6. The van der Waals surface area contributed by atoms with Gasteiger partial charge in [-0.1, -0.05) is 30.3 Å². The first-order valence-corrected chi connectivity index (χ1v) is 12.9. The van der Waals surface area contributed by atoms with E-state index in [-0.39, 0.29) is 17.3 Å². The van der Waals surface area contributed by atoms with Crippen LogP contribution in [0.25, 0.3) is 0 Å². The minimum Gasteiger partial charge on any atom is -0.364 e. The zero-order chi connectivity index (χ0) is 25.1. The molecule has 1 unspecified atom stereocenters. The summed E-state index contributed by atoms with van der Waals surface area (Å²) in [4.78, 5) is 9.55. The molecule has 0 fully saturated rings. The minimum atomic E-state index is -3.88. The quantitative estimate of drug-likeness (QED) is 0.427. The number of H-pyrrole nitrogens is 1. The summed E-state index contributed by atoms with van der Waals surface area (Å²) in [7, 11) is -3.88. The molecule has 0 bridgehead atoms. The van der Waals surface area contributed by atoms with Crippen molar-refractivity contribution in [3.63, 3.8) is 0 Å². The summed E-state index contributed by atoms with van der Waals surface area (Å²) in [5, 5.41) is 9.52. The Morgan fingerprint density at radius 1 is 1.08 bits per heavy atom. The number of benzene rings is 3. The largest absolute Gasteiger partial charge is 0.364 e. The van der Waals surface area contributed by atoms with E-state index in [0.29, 0.717) is 25.1 Å². The maximum atomic E-state index is 13.9. The highest BCUT2D eigenvalue weighted by Crippen LogP contribution is 2.33. The number of nitrogens with one attached hydrogen (secondary N) is 1. The van der Waals surface area contributed by atoms with Gasteiger partial charge in [0.15, 0.2) is 0 Å². The number of sulfonamides is 1. The fourth-order valence-electron chi connectivity index (χ4n) is 4.63. The van der Waals surface area contributed by atoms with Crippen LogP contribution in [0.1, 0.15) is 22.4 Å². The molecule has 4 aromatic rings. The van der Waals surface area contributed by atoms with Gasteiger partial charge in [-0.3, -0.25) is 0 Å². The number of anilines is 1. The summed E-state index contributed by atoms with van der Waals surface area (Å²) < 4.78 is 43.0. The van der Waals surface area contributed by atoms with E-state index in [9.17, 15) is 18.1 Å². The average Bonchev–Trinajstić information content (AvgIpc) is 3.36. The van der Waals surface area contributed by atoms with Crippen LogP contribution in [0.4, 0.5) is 10.1 Å². The monoisotopic (exact) mass is 501 g/mol. The Labute approximate surface area is 209 Å². The third-order valence-corrected chi connectivity index (χ3v) is 8.28. The first-order valence-electron chi connectivity index (χ1n) is 11.5. The van der Waals surface area contributed by atoms with Gasteiger partial charge in [-0.05, 0) is 60.0 Å². The number of imidazole rings is 1. The fraction of sp³-hybridized carbons (Fsp3) is 0.185. The normalized spacial score (nSPS) is 16.2. The van der Waals surface area contributed by atoms with Gasteiger partial charge in [0.1, 0.15) is 5.82 Å². The van der Waals surface area contributed by atoms with Crippen LogP contribution >= 0.6 is 0 Å². The Balaban J connectivity index is 1.62. The molecule has 0 amide bonds. The van der Waals surface area contributed by atoms with E-state index in [2.05, 4.69) is 20.9 Å². The lowest BCUT2D eigenvalue weighted by Gasteiger charge is -2.32. The molecule has 1 atom stereocenters. The van der Waals surface area contributed by atoms with E-state index < -0.39 is 16.1 Å². The SMILES string of the molecule is N#Cc1ccc2c(c1)CN(S(=O)(=O)c1ccccc1)C(Cc1ccc(F)cc1)CN2Cc1cnc[nH]1. The van der Waals surface area contributed by atoms with E-state index in [1.165, 1.54) is 16.4 Å². The highest BCUT2D eigenvalue weighted by atomic mass is 32.2. The number of nitrogens with zero attached hydrogens (tertiary/aromatic N) is 4. The molecule has 3 aromatic carbocycles. The van der Waals surface area contributed by atoms with Crippen LogP contribution in [0.5, 0.6) is 0 Å². The van der Waals surface area contributed by atoms with E-state index in [1.54, 1.807) is 67.1 Å². The molecule has 1 N–H and O–H groups in total. The first kappa shape index (κ1) is 23.7. The molecule has 7 nitrogen and oxygen atoms in total. The molecule has 0 radical (unpaired) electrons. The predicted molar refractivity (Wildman–Crippen MR) is 134 cm³/mol. The zero-order valence-corrected chi connectivity index (χ0v) is 20.2. The molecule has 9 heteroatoms. The van der Waals surface area contributed by atoms with Crippen LogP contribution < -0.4 is 4.90 Å². The summed E-state index contributed by atoms with van der Waals surface area (Å²) in [5.41, 5.74) is 3.78. The molecule has 182 valence electrons. The number of hydrogen-bond acceptors (Lipinski definition) is 5. The maximum Gasteiger partial charge on any atom is 0.243 e. The Kier molecular flexibility index (Phi) is 6.55. The molecular formula is C27H24FN5O2S. The van der Waals surface area contributed by atoms with Crippen molar-refractivity contribution in [3.8, 4) is 6.07 Å². The summed E-state index contributed by atoms with van der Waals surface area (Å²) >= 11 is 0. The number of aromatic nitrogens is 2. The molecule has 36 heavy (non-hydrogen) atoms. The van der Waals surface area contributed by atoms with Crippen molar-refractivity contribution in [2.45, 2.75) is 30.4 Å². The van der Waals surface area contributed by atoms with Crippen molar-refractivity contribution in [2.75, 3.05) is 11.4 Å². The van der Waals surface area contributed by atoms with Gasteiger partial charge in [0, 0.05) is 31.0 Å². The number of halogens is 1. The van der Waals surface area contributed by atoms with Crippen LogP contribution in [0, 0.1) is 17.1 Å². The lowest BCUT2D eigenvalue weighted by molar-refractivity contribution is 0.318. The molecule has 5 rings (SSSR count). The molecule has 1 aliphatic heterocycles. The second kappa shape index (κ2) is 9.93. The second-order valence-corrected chi connectivity index (χ2v) is 10.7. The van der Waals surface area contributed by atoms with Gasteiger partial charge in [0.25, 0.3) is 0 Å². The van der Waals surface area contributed by atoms with Crippen LogP contribution in [0.2, 0.25) is 0 Å². The smallest absolute Gasteiger partial charge is 0.243 e. The van der Waals surface area contributed by atoms with Crippen LogP contribution in [0.3, 0.4) is 0 Å². The standard InChI is InChI=1S/C27H24FN5O2S/c28-23-9-6-20(7-10-23)13-25-18-32(17-24-15-30-19-31-24)27-11-8-21(14-29)12-22(27)16-33(25)36(34,35)26-4-2-1-3-5-26/h1-12,15,19,25H,13,16-18H2,(H,30,31). The van der Waals surface area contributed by atoms with Crippen LogP contribution in [0.15, 0.2) is 90.2 Å². The van der Waals surface area contributed by atoms with Gasteiger partial charge in [0.05, 0.1) is 35.1 Å². The minimum absolute atomic E-state index is 0.105. The molecule has 0 aliphatic carbocycles. The Morgan fingerprint density at radius 2 is 1.86 bits per heavy atom. The van der Waals surface area contributed by atoms with Crippen molar-refractivity contribution in [2.24, 2.45) is 0 Å². The Hall–Kier alpha value is -4.00. The van der Waals surface area contributed by atoms with Crippen molar-refractivity contribution in [3.05, 3.63) is 114 Å². The molecule has 0 saturated heterocycles. The third kappa shape index (κ3) is 4.87. The van der Waals surface area contributed by atoms with Gasteiger partial charge in [-0.25, -0.2) is 17.8 Å². The predicted octanol–water partition coefficient (Wildman–Crippen LogP) is 4.24. The summed E-state index contributed by atoms with van der Waals surface area (Å²) in [5.74, 6) is -0.342. The molecule has 0 spiro atoms. The Morgan fingerprint density at radius 3 is 2.56 bits per heavy atom. The van der Waals surface area contributed by atoms with Crippen LogP contribution in [-0.4, -0.2) is 35.3 Å². The van der Waals surface area contributed by atoms with Crippen molar-refractivity contribution in [1.82, 2.24) is 14.3 Å². The van der Waals surface area contributed by atoms with E-state index in [1.807, 2.05) is 6.07 Å². The number of rotatable bonds is 6.